The summed E-state index contributed by atoms with van der Waals surface area (Å²) in [5.74, 6) is -1.10. The van der Waals surface area contributed by atoms with E-state index in [1.165, 1.54) is 19.1 Å². The fourth-order valence-corrected chi connectivity index (χ4v) is 1.74. The van der Waals surface area contributed by atoms with E-state index in [0.29, 0.717) is 0 Å². The number of carbonyl (C=O) groups excluding carboxylic acids is 2. The minimum Gasteiger partial charge on any atom is -0.459 e. The molecule has 0 radical (unpaired) electrons. The summed E-state index contributed by atoms with van der Waals surface area (Å²) in [6, 6.07) is 8.06. The summed E-state index contributed by atoms with van der Waals surface area (Å²) in [5.41, 5.74) is 0.278. The van der Waals surface area contributed by atoms with Gasteiger partial charge in [-0.3, -0.25) is 4.79 Å². The van der Waals surface area contributed by atoms with Crippen molar-refractivity contribution in [1.29, 1.82) is 0 Å². The molecule has 23 heavy (non-hydrogen) atoms. The maximum Gasteiger partial charge on any atom is 0.338 e. The standard InChI is InChI=1S/C15H21NO7/c1-9(17)16-7-11(18)13(20)14(21)12(19)8-23-15(22)10-5-3-2-4-6-10/h2-6,11-14,18-21H,7-8H2,1H3,(H,16,17)/t11-,12-,13+,14-/m1/s1. The monoisotopic (exact) mass is 327 g/mol. The van der Waals surface area contributed by atoms with E-state index in [-0.39, 0.29) is 12.1 Å². The van der Waals surface area contributed by atoms with E-state index in [0.717, 1.165) is 0 Å². The lowest BCUT2D eigenvalue weighted by Gasteiger charge is -2.26. The minimum atomic E-state index is -1.75. The zero-order valence-corrected chi connectivity index (χ0v) is 12.6. The Morgan fingerprint density at radius 3 is 2.17 bits per heavy atom. The maximum absolute atomic E-state index is 11.7. The van der Waals surface area contributed by atoms with Crippen LogP contribution in [-0.2, 0) is 9.53 Å². The highest BCUT2D eigenvalue weighted by molar-refractivity contribution is 5.89. The molecular formula is C15H21NO7. The number of aliphatic hydroxyl groups excluding tert-OH is 4. The topological polar surface area (TPSA) is 136 Å². The third kappa shape index (κ3) is 6.33. The van der Waals surface area contributed by atoms with Gasteiger partial charge in [-0.25, -0.2) is 4.79 Å². The van der Waals surface area contributed by atoms with Gasteiger partial charge in [0.2, 0.25) is 5.91 Å². The number of benzene rings is 1. The molecule has 0 saturated carbocycles. The molecule has 0 unspecified atom stereocenters. The summed E-state index contributed by atoms with van der Waals surface area (Å²) in [7, 11) is 0. The van der Waals surface area contributed by atoms with Crippen LogP contribution in [0.5, 0.6) is 0 Å². The Bertz CT molecular complexity index is 508. The highest BCUT2D eigenvalue weighted by Gasteiger charge is 2.31. The molecule has 0 bridgehead atoms. The van der Waals surface area contributed by atoms with Crippen molar-refractivity contribution in [3.05, 3.63) is 35.9 Å². The number of hydrogen-bond acceptors (Lipinski definition) is 7. The quantitative estimate of drug-likeness (QED) is 0.364. The number of carbonyl (C=O) groups is 2. The van der Waals surface area contributed by atoms with Gasteiger partial charge in [-0.2, -0.15) is 0 Å². The van der Waals surface area contributed by atoms with Gasteiger partial charge >= 0.3 is 5.97 Å². The SMILES string of the molecule is CC(=O)NC[C@@H](O)[C@H](O)[C@H](O)[C@H](O)COC(=O)c1ccccc1. The van der Waals surface area contributed by atoms with E-state index in [9.17, 15) is 30.0 Å². The molecule has 1 amide bonds. The van der Waals surface area contributed by atoms with Crippen molar-refractivity contribution in [3.8, 4) is 0 Å². The first-order valence-electron chi connectivity index (χ1n) is 7.01. The van der Waals surface area contributed by atoms with Gasteiger partial charge in [0.25, 0.3) is 0 Å². The van der Waals surface area contributed by atoms with Gasteiger partial charge in [0.15, 0.2) is 0 Å². The maximum atomic E-state index is 11.7. The Morgan fingerprint density at radius 2 is 1.61 bits per heavy atom. The molecule has 0 spiro atoms. The molecule has 1 aromatic rings. The fraction of sp³-hybridized carbons (Fsp3) is 0.467. The summed E-state index contributed by atoms with van der Waals surface area (Å²) in [6.07, 6.45) is -6.53. The molecule has 0 aliphatic heterocycles. The molecule has 0 heterocycles. The van der Waals surface area contributed by atoms with Crippen molar-refractivity contribution in [3.63, 3.8) is 0 Å². The lowest BCUT2D eigenvalue weighted by atomic mass is 10.0. The second-order valence-electron chi connectivity index (χ2n) is 5.02. The molecule has 0 aromatic heterocycles. The van der Waals surface area contributed by atoms with E-state index in [1.807, 2.05) is 0 Å². The average Bonchev–Trinajstić information content (AvgIpc) is 2.56. The lowest BCUT2D eigenvalue weighted by Crippen LogP contribution is -2.49. The second-order valence-corrected chi connectivity index (χ2v) is 5.02. The summed E-state index contributed by atoms with van der Waals surface area (Å²) in [6.45, 7) is 0.385. The molecule has 1 aromatic carbocycles. The van der Waals surface area contributed by atoms with E-state index < -0.39 is 42.9 Å². The smallest absolute Gasteiger partial charge is 0.338 e. The second kappa shape index (κ2) is 9.21. The summed E-state index contributed by atoms with van der Waals surface area (Å²) in [5, 5.41) is 41.0. The Morgan fingerprint density at radius 1 is 1.04 bits per heavy atom. The molecule has 5 N–H and O–H groups in total. The van der Waals surface area contributed by atoms with Crippen LogP contribution >= 0.6 is 0 Å². The molecule has 8 nitrogen and oxygen atoms in total. The third-order valence-corrected chi connectivity index (χ3v) is 3.09. The van der Waals surface area contributed by atoms with Crippen LogP contribution in [0.2, 0.25) is 0 Å². The number of ether oxygens (including phenoxy) is 1. The van der Waals surface area contributed by atoms with Crippen LogP contribution in [0.3, 0.4) is 0 Å². The van der Waals surface area contributed by atoms with Gasteiger partial charge in [-0.1, -0.05) is 18.2 Å². The average molecular weight is 327 g/mol. The first kappa shape index (κ1) is 19.0. The zero-order valence-electron chi connectivity index (χ0n) is 12.6. The summed E-state index contributed by atoms with van der Waals surface area (Å²) < 4.78 is 4.83. The number of rotatable bonds is 8. The molecule has 4 atom stereocenters. The van der Waals surface area contributed by atoms with Crippen molar-refractivity contribution in [2.75, 3.05) is 13.2 Å². The first-order valence-corrected chi connectivity index (χ1v) is 7.01. The zero-order chi connectivity index (χ0) is 17.4. The van der Waals surface area contributed by atoms with E-state index in [1.54, 1.807) is 18.2 Å². The van der Waals surface area contributed by atoms with Gasteiger partial charge < -0.3 is 30.5 Å². The minimum absolute atomic E-state index is 0.278. The molecule has 8 heteroatoms. The van der Waals surface area contributed by atoms with Crippen LogP contribution in [0, 0.1) is 0 Å². The summed E-state index contributed by atoms with van der Waals surface area (Å²) >= 11 is 0. The van der Waals surface area contributed by atoms with Crippen molar-refractivity contribution in [1.82, 2.24) is 5.32 Å². The van der Waals surface area contributed by atoms with E-state index in [2.05, 4.69) is 5.32 Å². The largest absolute Gasteiger partial charge is 0.459 e. The summed E-state index contributed by atoms with van der Waals surface area (Å²) in [4.78, 5) is 22.4. The fourth-order valence-electron chi connectivity index (χ4n) is 1.74. The van der Waals surface area contributed by atoms with Crippen molar-refractivity contribution in [2.45, 2.75) is 31.3 Å². The number of nitrogens with one attached hydrogen (secondary N) is 1. The Kier molecular flexibility index (Phi) is 7.63. The van der Waals surface area contributed by atoms with Crippen molar-refractivity contribution < 1.29 is 34.8 Å². The van der Waals surface area contributed by atoms with E-state index in [4.69, 9.17) is 4.74 Å². The van der Waals surface area contributed by atoms with Crippen LogP contribution in [0.25, 0.3) is 0 Å². The van der Waals surface area contributed by atoms with Crippen LogP contribution in [0.15, 0.2) is 30.3 Å². The molecule has 0 fully saturated rings. The van der Waals surface area contributed by atoms with E-state index >= 15 is 0 Å². The Balaban J connectivity index is 2.45. The van der Waals surface area contributed by atoms with Crippen LogP contribution in [0.1, 0.15) is 17.3 Å². The van der Waals surface area contributed by atoms with Crippen molar-refractivity contribution in [2.24, 2.45) is 0 Å². The number of esters is 1. The number of aliphatic hydroxyl groups is 4. The number of hydrogen-bond donors (Lipinski definition) is 5. The van der Waals surface area contributed by atoms with Gasteiger partial charge in [-0.05, 0) is 12.1 Å². The van der Waals surface area contributed by atoms with Crippen molar-refractivity contribution >= 4 is 11.9 Å². The van der Waals surface area contributed by atoms with Crippen LogP contribution in [0.4, 0.5) is 0 Å². The molecule has 128 valence electrons. The highest BCUT2D eigenvalue weighted by Crippen LogP contribution is 2.07. The number of amides is 1. The van der Waals surface area contributed by atoms with Crippen LogP contribution < -0.4 is 5.32 Å². The normalized spacial score (nSPS) is 16.0. The molecule has 1 rings (SSSR count). The Hall–Kier alpha value is -2.00. The highest BCUT2D eigenvalue weighted by atomic mass is 16.5. The van der Waals surface area contributed by atoms with Gasteiger partial charge in [0.1, 0.15) is 24.9 Å². The molecule has 0 aliphatic rings. The predicted molar refractivity (Wildman–Crippen MR) is 79.4 cm³/mol. The van der Waals surface area contributed by atoms with Gasteiger partial charge in [0, 0.05) is 13.5 Å². The molecule has 0 saturated heterocycles. The Labute approximate surface area is 133 Å². The first-order chi connectivity index (χ1) is 10.8. The predicted octanol–water partition coefficient (Wildman–Crippen LogP) is -1.58. The van der Waals surface area contributed by atoms with Gasteiger partial charge in [-0.15, -0.1) is 0 Å². The third-order valence-electron chi connectivity index (χ3n) is 3.09. The molecular weight excluding hydrogens is 306 g/mol. The lowest BCUT2D eigenvalue weighted by molar-refractivity contribution is -0.124. The van der Waals surface area contributed by atoms with Gasteiger partial charge in [0.05, 0.1) is 11.7 Å². The molecule has 0 aliphatic carbocycles. The van der Waals surface area contributed by atoms with Crippen LogP contribution in [-0.4, -0.2) is 69.9 Å².